The molecule has 2 aromatic rings. The Morgan fingerprint density at radius 1 is 1.35 bits per heavy atom. The molecule has 0 radical (unpaired) electrons. The zero-order chi connectivity index (χ0) is 14.5. The molecular formula is C14H17Cl2N3O. The largest absolute Gasteiger partial charge is 0.385 e. The molecule has 0 unspecified atom stereocenters. The average Bonchev–Trinajstić information content (AvgIpc) is 2.79. The Bertz CT molecular complexity index is 584. The van der Waals surface area contributed by atoms with Gasteiger partial charge in [0.05, 0.1) is 21.4 Å². The van der Waals surface area contributed by atoms with Gasteiger partial charge in [0.25, 0.3) is 0 Å². The van der Waals surface area contributed by atoms with Crippen molar-refractivity contribution in [3.05, 3.63) is 40.1 Å². The van der Waals surface area contributed by atoms with Crippen LogP contribution < -0.4 is 5.32 Å². The van der Waals surface area contributed by atoms with Crippen molar-refractivity contribution in [3.63, 3.8) is 0 Å². The lowest BCUT2D eigenvalue weighted by Crippen LogP contribution is -2.09. The second-order valence-corrected chi connectivity index (χ2v) is 5.21. The van der Waals surface area contributed by atoms with Gasteiger partial charge in [0, 0.05) is 26.5 Å². The van der Waals surface area contributed by atoms with Gasteiger partial charge in [-0.15, -0.1) is 0 Å². The van der Waals surface area contributed by atoms with Crippen LogP contribution >= 0.6 is 23.2 Å². The topological polar surface area (TPSA) is 39.1 Å². The molecule has 1 aromatic heterocycles. The van der Waals surface area contributed by atoms with Gasteiger partial charge in [-0.25, -0.2) is 4.98 Å². The summed E-state index contributed by atoms with van der Waals surface area (Å²) < 4.78 is 6.94. The maximum Gasteiger partial charge on any atom is 0.207 e. The van der Waals surface area contributed by atoms with Crippen LogP contribution in [0.1, 0.15) is 12.1 Å². The van der Waals surface area contributed by atoms with Crippen LogP contribution in [0.4, 0.5) is 5.95 Å². The van der Waals surface area contributed by atoms with Crippen LogP contribution in [-0.2, 0) is 4.74 Å². The van der Waals surface area contributed by atoms with Gasteiger partial charge in [0.2, 0.25) is 5.95 Å². The number of halogens is 2. The zero-order valence-corrected chi connectivity index (χ0v) is 13.0. The Morgan fingerprint density at radius 2 is 2.15 bits per heavy atom. The van der Waals surface area contributed by atoms with Crippen LogP contribution in [0.5, 0.6) is 0 Å². The summed E-state index contributed by atoms with van der Waals surface area (Å²) >= 11 is 12.3. The number of aromatic nitrogens is 2. The standard InChI is InChI=1S/C14H17Cl2N3O/c1-10-9-19(12-6-3-5-11(15)13(12)16)14(18-10)17-7-4-8-20-2/h3,5-6,9H,4,7-8H2,1-2H3,(H,17,18). The fraction of sp³-hybridized carbons (Fsp3) is 0.357. The van der Waals surface area contributed by atoms with Crippen molar-refractivity contribution < 1.29 is 4.74 Å². The number of methoxy groups -OCH3 is 1. The molecule has 1 N–H and O–H groups in total. The van der Waals surface area contributed by atoms with Gasteiger partial charge < -0.3 is 10.1 Å². The SMILES string of the molecule is COCCCNc1nc(C)cn1-c1cccc(Cl)c1Cl. The van der Waals surface area contributed by atoms with Crippen LogP contribution in [0.3, 0.4) is 0 Å². The van der Waals surface area contributed by atoms with E-state index in [-0.39, 0.29) is 0 Å². The molecule has 4 nitrogen and oxygen atoms in total. The van der Waals surface area contributed by atoms with Gasteiger partial charge in [-0.2, -0.15) is 0 Å². The molecule has 20 heavy (non-hydrogen) atoms. The van der Waals surface area contributed by atoms with Crippen LogP contribution in [0, 0.1) is 6.92 Å². The third-order valence-electron chi connectivity index (χ3n) is 2.83. The first-order chi connectivity index (χ1) is 9.63. The maximum atomic E-state index is 6.26. The number of imidazole rings is 1. The summed E-state index contributed by atoms with van der Waals surface area (Å²) in [7, 11) is 1.69. The van der Waals surface area contributed by atoms with Gasteiger partial charge in [-0.05, 0) is 25.5 Å². The van der Waals surface area contributed by atoms with E-state index >= 15 is 0 Å². The smallest absolute Gasteiger partial charge is 0.207 e. The highest BCUT2D eigenvalue weighted by Crippen LogP contribution is 2.30. The normalized spacial score (nSPS) is 10.8. The number of hydrogen-bond acceptors (Lipinski definition) is 3. The van der Waals surface area contributed by atoms with E-state index in [1.807, 2.05) is 29.8 Å². The molecule has 0 atom stereocenters. The Labute approximate surface area is 128 Å². The van der Waals surface area contributed by atoms with E-state index in [9.17, 15) is 0 Å². The van der Waals surface area contributed by atoms with Crippen molar-refractivity contribution in [1.82, 2.24) is 9.55 Å². The second-order valence-electron chi connectivity index (χ2n) is 4.42. The Morgan fingerprint density at radius 3 is 2.90 bits per heavy atom. The predicted molar refractivity (Wildman–Crippen MR) is 83.3 cm³/mol. The van der Waals surface area contributed by atoms with Crippen LogP contribution in [0.15, 0.2) is 24.4 Å². The Kier molecular flexibility index (Phi) is 5.29. The molecule has 0 aliphatic carbocycles. The molecule has 0 saturated heterocycles. The van der Waals surface area contributed by atoms with Crippen molar-refractivity contribution in [3.8, 4) is 5.69 Å². The molecule has 0 bridgehead atoms. The molecule has 1 heterocycles. The van der Waals surface area contributed by atoms with Crippen LogP contribution in [0.25, 0.3) is 5.69 Å². The second kappa shape index (κ2) is 6.97. The lowest BCUT2D eigenvalue weighted by atomic mass is 10.3. The quantitative estimate of drug-likeness (QED) is 0.821. The van der Waals surface area contributed by atoms with Gasteiger partial charge in [0.15, 0.2) is 0 Å². The molecule has 0 amide bonds. The first-order valence-electron chi connectivity index (χ1n) is 6.36. The number of nitrogens with zero attached hydrogens (tertiary/aromatic N) is 2. The third-order valence-corrected chi connectivity index (χ3v) is 3.63. The summed E-state index contributed by atoms with van der Waals surface area (Å²) in [6.07, 6.45) is 2.84. The summed E-state index contributed by atoms with van der Waals surface area (Å²) in [5, 5.41) is 4.33. The van der Waals surface area contributed by atoms with Crippen molar-refractivity contribution >= 4 is 29.2 Å². The number of hydrogen-bond donors (Lipinski definition) is 1. The Balaban J connectivity index is 2.25. The first-order valence-corrected chi connectivity index (χ1v) is 7.12. The molecule has 2 rings (SSSR count). The van der Waals surface area contributed by atoms with E-state index in [2.05, 4.69) is 10.3 Å². The van der Waals surface area contributed by atoms with Crippen LogP contribution in [-0.4, -0.2) is 29.8 Å². The minimum Gasteiger partial charge on any atom is -0.385 e. The van der Waals surface area contributed by atoms with Crippen molar-refractivity contribution in [2.24, 2.45) is 0 Å². The molecule has 0 fully saturated rings. The summed E-state index contributed by atoms with van der Waals surface area (Å²) in [5.74, 6) is 0.753. The molecule has 6 heteroatoms. The molecule has 0 spiro atoms. The summed E-state index contributed by atoms with van der Waals surface area (Å²) in [5.41, 5.74) is 1.73. The van der Waals surface area contributed by atoms with Crippen molar-refractivity contribution in [2.45, 2.75) is 13.3 Å². The number of nitrogens with one attached hydrogen (secondary N) is 1. The number of ether oxygens (including phenoxy) is 1. The van der Waals surface area contributed by atoms with Crippen molar-refractivity contribution in [2.75, 3.05) is 25.6 Å². The molecule has 0 aliphatic rings. The van der Waals surface area contributed by atoms with E-state index in [1.165, 1.54) is 0 Å². The molecule has 108 valence electrons. The van der Waals surface area contributed by atoms with Gasteiger partial charge in [0.1, 0.15) is 0 Å². The van der Waals surface area contributed by atoms with Crippen molar-refractivity contribution in [1.29, 1.82) is 0 Å². The third kappa shape index (κ3) is 3.45. The highest BCUT2D eigenvalue weighted by atomic mass is 35.5. The maximum absolute atomic E-state index is 6.26. The Hall–Kier alpha value is -1.23. The molecule has 1 aromatic carbocycles. The lowest BCUT2D eigenvalue weighted by molar-refractivity contribution is 0.197. The van der Waals surface area contributed by atoms with E-state index in [0.29, 0.717) is 16.7 Å². The fourth-order valence-electron chi connectivity index (χ4n) is 1.90. The summed E-state index contributed by atoms with van der Waals surface area (Å²) in [6, 6.07) is 5.55. The van der Waals surface area contributed by atoms with Gasteiger partial charge in [-0.1, -0.05) is 29.3 Å². The lowest BCUT2D eigenvalue weighted by Gasteiger charge is -2.11. The van der Waals surface area contributed by atoms with Crippen LogP contribution in [0.2, 0.25) is 10.0 Å². The van der Waals surface area contributed by atoms with Gasteiger partial charge >= 0.3 is 0 Å². The highest BCUT2D eigenvalue weighted by molar-refractivity contribution is 6.43. The molecule has 0 saturated carbocycles. The molecular weight excluding hydrogens is 297 g/mol. The van der Waals surface area contributed by atoms with Gasteiger partial charge in [-0.3, -0.25) is 4.57 Å². The number of aryl methyl sites for hydroxylation is 1. The fourth-order valence-corrected chi connectivity index (χ4v) is 2.29. The predicted octanol–water partition coefficient (Wildman–Crippen LogP) is 3.94. The van der Waals surface area contributed by atoms with E-state index in [0.717, 1.165) is 30.3 Å². The summed E-state index contributed by atoms with van der Waals surface area (Å²) in [6.45, 7) is 3.43. The van der Waals surface area contributed by atoms with E-state index in [4.69, 9.17) is 27.9 Å². The highest BCUT2D eigenvalue weighted by Gasteiger charge is 2.11. The zero-order valence-electron chi connectivity index (χ0n) is 11.5. The minimum absolute atomic E-state index is 0.520. The van der Waals surface area contributed by atoms with E-state index in [1.54, 1.807) is 13.2 Å². The number of anilines is 1. The number of rotatable bonds is 6. The number of benzene rings is 1. The molecule has 0 aliphatic heterocycles. The van der Waals surface area contributed by atoms with E-state index < -0.39 is 0 Å². The summed E-state index contributed by atoms with van der Waals surface area (Å²) in [4.78, 5) is 4.46. The first kappa shape index (κ1) is 15.2. The average molecular weight is 314 g/mol. The minimum atomic E-state index is 0.520. The monoisotopic (exact) mass is 313 g/mol.